The third-order valence-electron chi connectivity index (χ3n) is 4.83. The first-order chi connectivity index (χ1) is 12.0. The van der Waals surface area contributed by atoms with E-state index >= 15 is 0 Å². The van der Waals surface area contributed by atoms with Gasteiger partial charge in [0.2, 0.25) is 5.43 Å². The maximum absolute atomic E-state index is 11.8. The molecule has 0 aliphatic carbocycles. The first-order valence-corrected chi connectivity index (χ1v) is 10.00. The van der Waals surface area contributed by atoms with Crippen LogP contribution in [0.4, 0.5) is 5.69 Å². The standard InChI is InChI=1S/C18H20NO6P/c1-18(2)12-6-3-4-7-13(12)19(8-5-9-26(23,24)25)14(18)10-11-15(20)17(22)16(11)21/h3-4,6-7,10,20H,5,8-9H2,1-2H3,(H2,23,24,25)/b14-10+. The zero-order valence-electron chi connectivity index (χ0n) is 14.5. The summed E-state index contributed by atoms with van der Waals surface area (Å²) in [5, 5.41) is 9.71. The Hall–Kier alpha value is -2.21. The molecular formula is C18H20NO6P. The summed E-state index contributed by atoms with van der Waals surface area (Å²) in [5.41, 5.74) is 0.450. The zero-order valence-corrected chi connectivity index (χ0v) is 15.4. The highest BCUT2D eigenvalue weighted by Gasteiger charge is 2.40. The molecule has 0 atom stereocenters. The quantitative estimate of drug-likeness (QED) is 0.536. The van der Waals surface area contributed by atoms with Gasteiger partial charge in [0.15, 0.2) is 5.75 Å². The summed E-state index contributed by atoms with van der Waals surface area (Å²) in [6.07, 6.45) is 1.52. The van der Waals surface area contributed by atoms with Crippen LogP contribution in [-0.2, 0) is 9.98 Å². The van der Waals surface area contributed by atoms with Gasteiger partial charge < -0.3 is 19.8 Å². The molecule has 1 aliphatic heterocycles. The van der Waals surface area contributed by atoms with Crippen molar-refractivity contribution in [2.75, 3.05) is 17.6 Å². The van der Waals surface area contributed by atoms with Crippen LogP contribution in [0.1, 0.15) is 31.4 Å². The highest BCUT2D eigenvalue weighted by molar-refractivity contribution is 7.51. The van der Waals surface area contributed by atoms with E-state index in [1.807, 2.05) is 43.0 Å². The Morgan fingerprint density at radius 1 is 1.15 bits per heavy atom. The Kier molecular flexibility index (Phi) is 4.43. The van der Waals surface area contributed by atoms with Crippen molar-refractivity contribution < 1.29 is 19.5 Å². The van der Waals surface area contributed by atoms with E-state index in [9.17, 15) is 19.3 Å². The molecule has 0 fully saturated rings. The second-order valence-corrected chi connectivity index (χ2v) is 8.76. The second kappa shape index (κ2) is 6.20. The number of hydrogen-bond acceptors (Lipinski definition) is 5. The SMILES string of the molecule is CC1(C)/C(=C\c2c(O)c(=O)c2=O)N(CCCP(=O)(O)O)c2ccccc21. The van der Waals surface area contributed by atoms with Crippen molar-refractivity contribution in [1.29, 1.82) is 0 Å². The van der Waals surface area contributed by atoms with Crippen molar-refractivity contribution in [3.05, 3.63) is 61.5 Å². The molecule has 3 rings (SSSR count). The summed E-state index contributed by atoms with van der Waals surface area (Å²) in [7, 11) is -4.10. The smallest absolute Gasteiger partial charge is 0.325 e. The van der Waals surface area contributed by atoms with E-state index < -0.39 is 29.6 Å². The lowest BCUT2D eigenvalue weighted by molar-refractivity contribution is 0.372. The fourth-order valence-corrected chi connectivity index (χ4v) is 4.00. The van der Waals surface area contributed by atoms with Gasteiger partial charge in [0, 0.05) is 23.3 Å². The summed E-state index contributed by atoms with van der Waals surface area (Å²) in [6, 6.07) is 7.61. The van der Waals surface area contributed by atoms with Crippen molar-refractivity contribution in [3.8, 4) is 5.75 Å². The lowest BCUT2D eigenvalue weighted by atomic mass is 9.83. The molecular weight excluding hydrogens is 357 g/mol. The highest BCUT2D eigenvalue weighted by atomic mass is 31.2. The minimum Gasteiger partial charge on any atom is -0.504 e. The largest absolute Gasteiger partial charge is 0.504 e. The molecule has 0 saturated carbocycles. The van der Waals surface area contributed by atoms with E-state index in [0.29, 0.717) is 12.2 Å². The fourth-order valence-electron chi connectivity index (χ4n) is 3.44. The zero-order chi connectivity index (χ0) is 19.3. The van der Waals surface area contributed by atoms with Gasteiger partial charge in [-0.1, -0.05) is 32.0 Å². The molecule has 0 saturated heterocycles. The Balaban J connectivity index is 2.04. The van der Waals surface area contributed by atoms with Gasteiger partial charge in [0.25, 0.3) is 5.43 Å². The topological polar surface area (TPSA) is 115 Å². The van der Waals surface area contributed by atoms with Gasteiger partial charge in [-0.3, -0.25) is 14.2 Å². The van der Waals surface area contributed by atoms with Crippen LogP contribution >= 0.6 is 7.60 Å². The number of allylic oxidation sites excluding steroid dienone is 1. The number of anilines is 1. The molecule has 0 amide bonds. The number of aromatic hydroxyl groups is 1. The molecule has 7 nitrogen and oxygen atoms in total. The monoisotopic (exact) mass is 377 g/mol. The van der Waals surface area contributed by atoms with E-state index in [-0.39, 0.29) is 18.1 Å². The summed E-state index contributed by atoms with van der Waals surface area (Å²) in [5.74, 6) is -0.538. The summed E-state index contributed by atoms with van der Waals surface area (Å²) >= 11 is 0. The molecule has 1 aliphatic rings. The van der Waals surface area contributed by atoms with Gasteiger partial charge in [-0.2, -0.15) is 0 Å². The van der Waals surface area contributed by atoms with Gasteiger partial charge in [0.05, 0.1) is 11.7 Å². The molecule has 0 radical (unpaired) electrons. The highest BCUT2D eigenvalue weighted by Crippen LogP contribution is 2.48. The van der Waals surface area contributed by atoms with Crippen LogP contribution in [-0.4, -0.2) is 27.6 Å². The maximum Gasteiger partial charge on any atom is 0.325 e. The number of para-hydroxylation sites is 1. The Labute approximate surface area is 150 Å². The van der Waals surface area contributed by atoms with Crippen LogP contribution in [0.15, 0.2) is 39.6 Å². The number of nitrogens with zero attached hydrogens (tertiary/aromatic N) is 1. The second-order valence-electron chi connectivity index (χ2n) is 6.99. The van der Waals surface area contributed by atoms with Gasteiger partial charge in [0.1, 0.15) is 0 Å². The first kappa shape index (κ1) is 18.6. The van der Waals surface area contributed by atoms with Gasteiger partial charge in [-0.15, -0.1) is 0 Å². The molecule has 0 unspecified atom stereocenters. The van der Waals surface area contributed by atoms with Crippen LogP contribution in [0, 0.1) is 0 Å². The van der Waals surface area contributed by atoms with Crippen LogP contribution in [0.25, 0.3) is 6.08 Å². The van der Waals surface area contributed by atoms with Gasteiger partial charge in [-0.05, 0) is 24.1 Å². The predicted octanol–water partition coefficient (Wildman–Crippen LogP) is 1.69. The molecule has 0 spiro atoms. The molecule has 1 heterocycles. The summed E-state index contributed by atoms with van der Waals surface area (Å²) < 4.78 is 11.2. The Morgan fingerprint density at radius 2 is 1.81 bits per heavy atom. The van der Waals surface area contributed by atoms with E-state index in [0.717, 1.165) is 11.3 Å². The fraction of sp³-hybridized carbons (Fsp3) is 0.333. The van der Waals surface area contributed by atoms with Crippen LogP contribution < -0.4 is 15.8 Å². The average molecular weight is 377 g/mol. The van der Waals surface area contributed by atoms with Crippen molar-refractivity contribution >= 4 is 19.4 Å². The van der Waals surface area contributed by atoms with Crippen LogP contribution in [0.3, 0.4) is 0 Å². The third kappa shape index (κ3) is 3.03. The summed E-state index contributed by atoms with van der Waals surface area (Å²) in [6.45, 7) is 4.26. The maximum atomic E-state index is 11.8. The van der Waals surface area contributed by atoms with E-state index in [1.165, 1.54) is 6.08 Å². The van der Waals surface area contributed by atoms with Crippen LogP contribution in [0.2, 0.25) is 0 Å². The Bertz CT molecular complexity index is 1010. The number of benzene rings is 1. The van der Waals surface area contributed by atoms with Gasteiger partial charge in [-0.25, -0.2) is 0 Å². The third-order valence-corrected chi connectivity index (χ3v) is 5.73. The number of fused-ring (bicyclic) bond motifs is 1. The van der Waals surface area contributed by atoms with E-state index in [4.69, 9.17) is 9.79 Å². The van der Waals surface area contributed by atoms with Gasteiger partial charge >= 0.3 is 7.60 Å². The van der Waals surface area contributed by atoms with E-state index in [2.05, 4.69) is 0 Å². The first-order valence-electron chi connectivity index (χ1n) is 8.20. The minimum absolute atomic E-state index is 0.0223. The predicted molar refractivity (Wildman–Crippen MR) is 99.3 cm³/mol. The van der Waals surface area contributed by atoms with Crippen LogP contribution in [0.5, 0.6) is 5.75 Å². The van der Waals surface area contributed by atoms with Crippen molar-refractivity contribution in [3.63, 3.8) is 0 Å². The number of rotatable bonds is 5. The molecule has 0 bridgehead atoms. The molecule has 8 heteroatoms. The molecule has 2 aromatic rings. The number of hydrogen-bond donors (Lipinski definition) is 3. The Morgan fingerprint density at radius 3 is 2.42 bits per heavy atom. The van der Waals surface area contributed by atoms with Crippen molar-refractivity contribution in [2.45, 2.75) is 25.7 Å². The lowest BCUT2D eigenvalue weighted by Crippen LogP contribution is -2.34. The molecule has 2 aromatic carbocycles. The molecule has 26 heavy (non-hydrogen) atoms. The average Bonchev–Trinajstić information content (AvgIpc) is 2.78. The minimum atomic E-state index is -4.10. The lowest BCUT2D eigenvalue weighted by Gasteiger charge is -2.27. The molecule has 3 N–H and O–H groups in total. The van der Waals surface area contributed by atoms with E-state index in [1.54, 1.807) is 0 Å². The van der Waals surface area contributed by atoms with Crippen molar-refractivity contribution in [2.24, 2.45) is 0 Å². The van der Waals surface area contributed by atoms with Crippen molar-refractivity contribution in [1.82, 2.24) is 0 Å². The normalized spacial score (nSPS) is 17.8. The summed E-state index contributed by atoms with van der Waals surface area (Å²) in [4.78, 5) is 43.2. The molecule has 0 aromatic heterocycles. The molecule has 138 valence electrons.